The third-order valence-corrected chi connectivity index (χ3v) is 2.86. The van der Waals surface area contributed by atoms with Crippen molar-refractivity contribution in [1.29, 1.82) is 0 Å². The third-order valence-electron chi connectivity index (χ3n) is 2.46. The Labute approximate surface area is 94.8 Å². The SMILES string of the molecule is COc1cc(C)c(Cl)cc1C(CN)CO. The van der Waals surface area contributed by atoms with Crippen molar-refractivity contribution in [2.24, 2.45) is 5.73 Å². The molecule has 3 N–H and O–H groups in total. The van der Waals surface area contributed by atoms with Crippen LogP contribution in [0.1, 0.15) is 17.0 Å². The van der Waals surface area contributed by atoms with Crippen molar-refractivity contribution in [3.63, 3.8) is 0 Å². The Morgan fingerprint density at radius 2 is 2.20 bits per heavy atom. The first-order valence-electron chi connectivity index (χ1n) is 4.79. The summed E-state index contributed by atoms with van der Waals surface area (Å²) in [6.45, 7) is 2.27. The van der Waals surface area contributed by atoms with E-state index in [4.69, 9.17) is 22.1 Å². The van der Waals surface area contributed by atoms with E-state index in [1.807, 2.05) is 19.1 Å². The van der Waals surface area contributed by atoms with Gasteiger partial charge in [0.1, 0.15) is 5.75 Å². The number of aliphatic hydroxyl groups excluding tert-OH is 1. The highest BCUT2D eigenvalue weighted by atomic mass is 35.5. The molecule has 1 atom stereocenters. The van der Waals surface area contributed by atoms with Crippen LogP contribution in [0.3, 0.4) is 0 Å². The predicted octanol–water partition coefficient (Wildman–Crippen LogP) is 1.69. The van der Waals surface area contributed by atoms with Gasteiger partial charge >= 0.3 is 0 Å². The maximum Gasteiger partial charge on any atom is 0.122 e. The quantitative estimate of drug-likeness (QED) is 0.826. The molecule has 1 unspecified atom stereocenters. The van der Waals surface area contributed by atoms with Gasteiger partial charge in [0.15, 0.2) is 0 Å². The van der Waals surface area contributed by atoms with Gasteiger partial charge in [-0.25, -0.2) is 0 Å². The Hall–Kier alpha value is -0.770. The topological polar surface area (TPSA) is 55.5 Å². The van der Waals surface area contributed by atoms with E-state index in [0.29, 0.717) is 11.6 Å². The highest BCUT2D eigenvalue weighted by Crippen LogP contribution is 2.31. The molecular weight excluding hydrogens is 214 g/mol. The molecule has 0 aromatic heterocycles. The molecule has 3 nitrogen and oxygen atoms in total. The number of halogens is 1. The fourth-order valence-electron chi connectivity index (χ4n) is 1.47. The van der Waals surface area contributed by atoms with Crippen molar-refractivity contribution < 1.29 is 9.84 Å². The minimum atomic E-state index is -0.127. The molecular formula is C11H16ClNO2. The highest BCUT2D eigenvalue weighted by molar-refractivity contribution is 6.31. The molecule has 0 aliphatic rings. The van der Waals surface area contributed by atoms with E-state index in [1.54, 1.807) is 7.11 Å². The van der Waals surface area contributed by atoms with Gasteiger partial charge in [0.2, 0.25) is 0 Å². The lowest BCUT2D eigenvalue weighted by Crippen LogP contribution is -2.17. The van der Waals surface area contributed by atoms with Crippen LogP contribution < -0.4 is 10.5 Å². The first-order valence-corrected chi connectivity index (χ1v) is 5.16. The van der Waals surface area contributed by atoms with Gasteiger partial charge in [-0.1, -0.05) is 11.6 Å². The van der Waals surface area contributed by atoms with Crippen molar-refractivity contribution in [2.45, 2.75) is 12.8 Å². The lowest BCUT2D eigenvalue weighted by Gasteiger charge is -2.17. The molecule has 0 heterocycles. The smallest absolute Gasteiger partial charge is 0.122 e. The molecule has 0 radical (unpaired) electrons. The number of methoxy groups -OCH3 is 1. The molecule has 0 aliphatic heterocycles. The van der Waals surface area contributed by atoms with E-state index in [0.717, 1.165) is 16.9 Å². The van der Waals surface area contributed by atoms with Crippen LogP contribution in [0.15, 0.2) is 12.1 Å². The monoisotopic (exact) mass is 229 g/mol. The standard InChI is InChI=1S/C11H16ClNO2/c1-7-3-11(15-2)9(4-10(7)12)8(5-13)6-14/h3-4,8,14H,5-6,13H2,1-2H3. The van der Waals surface area contributed by atoms with Gasteiger partial charge in [-0.2, -0.15) is 0 Å². The molecule has 0 spiro atoms. The van der Waals surface area contributed by atoms with E-state index >= 15 is 0 Å². The summed E-state index contributed by atoms with van der Waals surface area (Å²) >= 11 is 6.02. The van der Waals surface area contributed by atoms with Gasteiger partial charge in [-0.3, -0.25) is 0 Å². The summed E-state index contributed by atoms with van der Waals surface area (Å²) in [4.78, 5) is 0. The number of nitrogens with two attached hydrogens (primary N) is 1. The Balaban J connectivity index is 3.20. The fraction of sp³-hybridized carbons (Fsp3) is 0.455. The van der Waals surface area contributed by atoms with Crippen LogP contribution in [-0.4, -0.2) is 25.4 Å². The van der Waals surface area contributed by atoms with Crippen LogP contribution in [0.5, 0.6) is 5.75 Å². The number of aliphatic hydroxyl groups is 1. The van der Waals surface area contributed by atoms with Crippen LogP contribution in [0.2, 0.25) is 5.02 Å². The number of hydrogen-bond donors (Lipinski definition) is 2. The van der Waals surface area contributed by atoms with Crippen molar-refractivity contribution in [3.05, 3.63) is 28.3 Å². The van der Waals surface area contributed by atoms with Crippen molar-refractivity contribution in [1.82, 2.24) is 0 Å². The summed E-state index contributed by atoms with van der Waals surface area (Å²) in [6.07, 6.45) is 0. The normalized spacial score (nSPS) is 12.6. The zero-order chi connectivity index (χ0) is 11.4. The molecule has 0 fully saturated rings. The third kappa shape index (κ3) is 2.62. The van der Waals surface area contributed by atoms with Crippen molar-refractivity contribution in [3.8, 4) is 5.75 Å². The molecule has 1 rings (SSSR count). The molecule has 1 aromatic rings. The average molecular weight is 230 g/mol. The zero-order valence-electron chi connectivity index (χ0n) is 8.96. The number of rotatable bonds is 4. The van der Waals surface area contributed by atoms with Crippen molar-refractivity contribution >= 4 is 11.6 Å². The first kappa shape index (κ1) is 12.3. The second-order valence-electron chi connectivity index (χ2n) is 3.46. The molecule has 15 heavy (non-hydrogen) atoms. The summed E-state index contributed by atoms with van der Waals surface area (Å²) in [6, 6.07) is 3.67. The van der Waals surface area contributed by atoms with Crippen LogP contribution in [-0.2, 0) is 0 Å². The predicted molar refractivity (Wildman–Crippen MR) is 61.6 cm³/mol. The molecule has 4 heteroatoms. The van der Waals surface area contributed by atoms with E-state index in [1.165, 1.54) is 0 Å². The minimum Gasteiger partial charge on any atom is -0.496 e. The largest absolute Gasteiger partial charge is 0.496 e. The van der Waals surface area contributed by atoms with E-state index in [-0.39, 0.29) is 12.5 Å². The lowest BCUT2D eigenvalue weighted by atomic mass is 9.98. The maximum absolute atomic E-state index is 9.18. The summed E-state index contributed by atoms with van der Waals surface area (Å²) in [7, 11) is 1.59. The van der Waals surface area contributed by atoms with E-state index in [2.05, 4.69) is 0 Å². The number of benzene rings is 1. The number of ether oxygens (including phenoxy) is 1. The average Bonchev–Trinajstić information content (AvgIpc) is 2.24. The van der Waals surface area contributed by atoms with Gasteiger partial charge < -0.3 is 15.6 Å². The molecule has 0 saturated heterocycles. The fourth-order valence-corrected chi connectivity index (χ4v) is 1.64. The Bertz CT molecular complexity index is 338. The molecule has 84 valence electrons. The molecule has 1 aromatic carbocycles. The summed E-state index contributed by atoms with van der Waals surface area (Å²) in [5.74, 6) is 0.597. The molecule has 0 aliphatic carbocycles. The lowest BCUT2D eigenvalue weighted by molar-refractivity contribution is 0.264. The Kier molecular flexibility index (Phi) is 4.39. The highest BCUT2D eigenvalue weighted by Gasteiger charge is 2.15. The molecule has 0 amide bonds. The van der Waals surface area contributed by atoms with Crippen LogP contribution in [0.25, 0.3) is 0 Å². The summed E-state index contributed by atoms with van der Waals surface area (Å²) in [5.41, 5.74) is 7.38. The van der Waals surface area contributed by atoms with Gasteiger partial charge in [-0.05, 0) is 24.6 Å². The zero-order valence-corrected chi connectivity index (χ0v) is 9.71. The van der Waals surface area contributed by atoms with E-state index < -0.39 is 0 Å². The van der Waals surface area contributed by atoms with Gasteiger partial charge in [0.25, 0.3) is 0 Å². The molecule has 0 bridgehead atoms. The second kappa shape index (κ2) is 5.35. The van der Waals surface area contributed by atoms with Crippen LogP contribution >= 0.6 is 11.6 Å². The van der Waals surface area contributed by atoms with Crippen LogP contribution in [0, 0.1) is 6.92 Å². The van der Waals surface area contributed by atoms with Crippen LogP contribution in [0.4, 0.5) is 0 Å². The molecule has 0 saturated carbocycles. The minimum absolute atomic E-state index is 0.00769. The van der Waals surface area contributed by atoms with Crippen molar-refractivity contribution in [2.75, 3.05) is 20.3 Å². The summed E-state index contributed by atoms with van der Waals surface area (Å²) < 4.78 is 5.24. The van der Waals surface area contributed by atoms with Gasteiger partial charge in [0, 0.05) is 23.0 Å². The number of aryl methyl sites for hydroxylation is 1. The Morgan fingerprint density at radius 1 is 1.53 bits per heavy atom. The summed E-state index contributed by atoms with van der Waals surface area (Å²) in [5, 5.41) is 9.85. The van der Waals surface area contributed by atoms with E-state index in [9.17, 15) is 5.11 Å². The number of hydrogen-bond acceptors (Lipinski definition) is 3. The maximum atomic E-state index is 9.18. The van der Waals surface area contributed by atoms with Gasteiger partial charge in [0.05, 0.1) is 13.7 Å². The first-order chi connectivity index (χ1) is 7.13. The van der Waals surface area contributed by atoms with Gasteiger partial charge in [-0.15, -0.1) is 0 Å². The second-order valence-corrected chi connectivity index (χ2v) is 3.87. The Morgan fingerprint density at radius 3 is 2.67 bits per heavy atom.